The molecule has 1 aromatic rings. The molecule has 0 unspecified atom stereocenters. The summed E-state index contributed by atoms with van der Waals surface area (Å²) in [6.07, 6.45) is 5.21. The van der Waals surface area contributed by atoms with E-state index in [4.69, 9.17) is 0 Å². The second-order valence-electron chi connectivity index (χ2n) is 5.23. The monoisotopic (exact) mass is 341 g/mol. The van der Waals surface area contributed by atoms with Gasteiger partial charge in [0.25, 0.3) is 5.91 Å². The number of carbonyl (C=O) groups excluding carboxylic acids is 1. The van der Waals surface area contributed by atoms with Crippen molar-refractivity contribution in [2.45, 2.75) is 31.7 Å². The Labute approximate surface area is 115 Å². The van der Waals surface area contributed by atoms with Crippen molar-refractivity contribution >= 4 is 28.5 Å². The van der Waals surface area contributed by atoms with E-state index in [0.29, 0.717) is 6.04 Å². The summed E-state index contributed by atoms with van der Waals surface area (Å²) in [5, 5.41) is 3.22. The number of halogens is 1. The van der Waals surface area contributed by atoms with E-state index in [1.165, 1.54) is 25.7 Å². The minimum absolute atomic E-state index is 0.104. The minimum atomic E-state index is 0.104. The maximum atomic E-state index is 12.2. The number of benzene rings is 1. The van der Waals surface area contributed by atoms with Gasteiger partial charge >= 0.3 is 0 Å². The van der Waals surface area contributed by atoms with Gasteiger partial charge in [-0.25, -0.2) is 0 Å². The van der Waals surface area contributed by atoms with Crippen molar-refractivity contribution in [3.05, 3.63) is 33.4 Å². The van der Waals surface area contributed by atoms with Crippen molar-refractivity contribution in [2.24, 2.45) is 11.8 Å². The first-order valence-corrected chi connectivity index (χ1v) is 7.37. The fourth-order valence-corrected chi connectivity index (χ4v) is 3.95. The van der Waals surface area contributed by atoms with E-state index in [1.807, 2.05) is 24.3 Å². The van der Waals surface area contributed by atoms with Gasteiger partial charge in [0.1, 0.15) is 0 Å². The second-order valence-corrected chi connectivity index (χ2v) is 6.40. The Bertz CT molecular complexity index is 446. The SMILES string of the molecule is O=C(N[C@@H]1C[C@H]2CC[C@H]1C2)c1ccccc1I. The third-order valence-electron chi connectivity index (χ3n) is 4.17. The number of nitrogens with one attached hydrogen (secondary N) is 1. The summed E-state index contributed by atoms with van der Waals surface area (Å²) < 4.78 is 1.03. The van der Waals surface area contributed by atoms with Gasteiger partial charge in [0.05, 0.1) is 5.56 Å². The second kappa shape index (κ2) is 4.59. The number of carbonyl (C=O) groups is 1. The van der Waals surface area contributed by atoms with Gasteiger partial charge in [-0.05, 0) is 65.8 Å². The molecule has 0 aliphatic heterocycles. The first-order valence-electron chi connectivity index (χ1n) is 6.29. The zero-order valence-electron chi connectivity index (χ0n) is 9.66. The number of fused-ring (bicyclic) bond motifs is 2. The zero-order valence-corrected chi connectivity index (χ0v) is 11.8. The van der Waals surface area contributed by atoms with Gasteiger partial charge in [-0.15, -0.1) is 0 Å². The first-order chi connectivity index (χ1) is 8.24. The lowest BCUT2D eigenvalue weighted by atomic mass is 9.95. The molecule has 1 N–H and O–H groups in total. The highest BCUT2D eigenvalue weighted by Crippen LogP contribution is 2.44. The molecule has 3 heteroatoms. The molecule has 0 spiro atoms. The lowest BCUT2D eigenvalue weighted by Gasteiger charge is -2.23. The molecule has 1 aromatic carbocycles. The van der Waals surface area contributed by atoms with Crippen LogP contribution in [0.15, 0.2) is 24.3 Å². The summed E-state index contributed by atoms with van der Waals surface area (Å²) in [4.78, 5) is 12.2. The van der Waals surface area contributed by atoms with E-state index in [1.54, 1.807) is 0 Å². The van der Waals surface area contributed by atoms with Crippen LogP contribution in [0.5, 0.6) is 0 Å². The molecule has 2 bridgehead atoms. The summed E-state index contributed by atoms with van der Waals surface area (Å²) in [5.41, 5.74) is 0.816. The third kappa shape index (κ3) is 2.21. The van der Waals surface area contributed by atoms with Crippen LogP contribution >= 0.6 is 22.6 Å². The lowest BCUT2D eigenvalue weighted by molar-refractivity contribution is 0.0922. The largest absolute Gasteiger partial charge is 0.349 e. The molecule has 2 aliphatic rings. The Hall–Kier alpha value is -0.580. The summed E-state index contributed by atoms with van der Waals surface area (Å²) in [6, 6.07) is 8.21. The highest BCUT2D eigenvalue weighted by Gasteiger charge is 2.40. The summed E-state index contributed by atoms with van der Waals surface area (Å²) in [5.74, 6) is 1.72. The maximum absolute atomic E-state index is 12.2. The normalized spacial score (nSPS) is 30.5. The predicted octanol–water partition coefficient (Wildman–Crippen LogP) is 3.21. The molecule has 0 heterocycles. The Morgan fingerprint density at radius 3 is 2.71 bits per heavy atom. The van der Waals surface area contributed by atoms with E-state index in [2.05, 4.69) is 27.9 Å². The van der Waals surface area contributed by atoms with E-state index < -0.39 is 0 Å². The Balaban J connectivity index is 1.70. The van der Waals surface area contributed by atoms with Gasteiger partial charge in [-0.3, -0.25) is 4.79 Å². The highest BCUT2D eigenvalue weighted by molar-refractivity contribution is 14.1. The molecule has 3 atom stereocenters. The molecule has 3 rings (SSSR count). The first kappa shape index (κ1) is 11.5. The fraction of sp³-hybridized carbons (Fsp3) is 0.500. The Morgan fingerprint density at radius 1 is 1.24 bits per heavy atom. The van der Waals surface area contributed by atoms with Crippen molar-refractivity contribution in [1.29, 1.82) is 0 Å². The molecule has 0 radical (unpaired) electrons. The van der Waals surface area contributed by atoms with Crippen molar-refractivity contribution in [3.63, 3.8) is 0 Å². The quantitative estimate of drug-likeness (QED) is 0.823. The van der Waals surface area contributed by atoms with Gasteiger partial charge in [-0.1, -0.05) is 18.6 Å². The van der Waals surface area contributed by atoms with Crippen molar-refractivity contribution in [3.8, 4) is 0 Å². The Morgan fingerprint density at radius 2 is 2.06 bits per heavy atom. The topological polar surface area (TPSA) is 29.1 Å². The number of hydrogen-bond acceptors (Lipinski definition) is 1. The minimum Gasteiger partial charge on any atom is -0.349 e. The van der Waals surface area contributed by atoms with Crippen LogP contribution in [0.25, 0.3) is 0 Å². The molecule has 2 fully saturated rings. The van der Waals surface area contributed by atoms with Crippen LogP contribution in [0.1, 0.15) is 36.0 Å². The third-order valence-corrected chi connectivity index (χ3v) is 5.11. The van der Waals surface area contributed by atoms with Crippen LogP contribution in [-0.4, -0.2) is 11.9 Å². The summed E-state index contributed by atoms with van der Waals surface area (Å²) in [6.45, 7) is 0. The molecule has 2 nitrogen and oxygen atoms in total. The standard InChI is InChI=1S/C14H16INO/c15-12-4-2-1-3-11(12)14(17)16-13-8-9-5-6-10(13)7-9/h1-4,9-10,13H,5-8H2,(H,16,17)/t9-,10-,13+/m0/s1. The molecular formula is C14H16INO. The van der Waals surface area contributed by atoms with Crippen LogP contribution in [0.4, 0.5) is 0 Å². The molecule has 2 aliphatic carbocycles. The molecular weight excluding hydrogens is 325 g/mol. The van der Waals surface area contributed by atoms with Crippen LogP contribution in [0.2, 0.25) is 0 Å². The molecule has 17 heavy (non-hydrogen) atoms. The van der Waals surface area contributed by atoms with Crippen LogP contribution in [0.3, 0.4) is 0 Å². The highest BCUT2D eigenvalue weighted by atomic mass is 127. The van der Waals surface area contributed by atoms with Crippen LogP contribution < -0.4 is 5.32 Å². The lowest BCUT2D eigenvalue weighted by Crippen LogP contribution is -2.38. The van der Waals surface area contributed by atoms with Crippen molar-refractivity contribution in [2.75, 3.05) is 0 Å². The molecule has 1 amide bonds. The smallest absolute Gasteiger partial charge is 0.252 e. The average molecular weight is 341 g/mol. The zero-order chi connectivity index (χ0) is 11.8. The predicted molar refractivity (Wildman–Crippen MR) is 75.9 cm³/mol. The van der Waals surface area contributed by atoms with E-state index in [-0.39, 0.29) is 5.91 Å². The number of hydrogen-bond donors (Lipinski definition) is 1. The number of amides is 1. The van der Waals surface area contributed by atoms with Crippen LogP contribution in [-0.2, 0) is 0 Å². The summed E-state index contributed by atoms with van der Waals surface area (Å²) >= 11 is 2.22. The molecule has 90 valence electrons. The van der Waals surface area contributed by atoms with Gasteiger partial charge in [0, 0.05) is 9.61 Å². The molecule has 0 aromatic heterocycles. The van der Waals surface area contributed by atoms with Crippen LogP contribution in [0, 0.1) is 15.4 Å². The van der Waals surface area contributed by atoms with Crippen molar-refractivity contribution in [1.82, 2.24) is 5.32 Å². The van der Waals surface area contributed by atoms with Gasteiger partial charge < -0.3 is 5.32 Å². The Kier molecular flexibility index (Phi) is 3.11. The van der Waals surface area contributed by atoms with Gasteiger partial charge in [0.15, 0.2) is 0 Å². The number of rotatable bonds is 2. The van der Waals surface area contributed by atoms with E-state index in [0.717, 1.165) is 21.0 Å². The van der Waals surface area contributed by atoms with E-state index in [9.17, 15) is 4.79 Å². The van der Waals surface area contributed by atoms with Crippen molar-refractivity contribution < 1.29 is 4.79 Å². The van der Waals surface area contributed by atoms with E-state index >= 15 is 0 Å². The average Bonchev–Trinajstić information content (AvgIpc) is 2.91. The van der Waals surface area contributed by atoms with Gasteiger partial charge in [-0.2, -0.15) is 0 Å². The fourth-order valence-electron chi connectivity index (χ4n) is 3.31. The maximum Gasteiger partial charge on any atom is 0.252 e. The molecule has 2 saturated carbocycles. The summed E-state index contributed by atoms with van der Waals surface area (Å²) in [7, 11) is 0. The van der Waals surface area contributed by atoms with Gasteiger partial charge in [0.2, 0.25) is 0 Å². The molecule has 0 saturated heterocycles.